The molecule has 0 saturated heterocycles. The van der Waals surface area contributed by atoms with Gasteiger partial charge < -0.3 is 14.9 Å². The lowest BCUT2D eigenvalue weighted by atomic mass is 9.72. The molecule has 7 nitrogen and oxygen atoms in total. The maximum absolute atomic E-state index is 11.3. The Morgan fingerprint density at radius 3 is 2.85 bits per heavy atom. The summed E-state index contributed by atoms with van der Waals surface area (Å²) >= 11 is 0. The van der Waals surface area contributed by atoms with Crippen LogP contribution in [0.25, 0.3) is 0 Å². The van der Waals surface area contributed by atoms with Crippen LogP contribution < -0.4 is 5.32 Å². The fourth-order valence-electron chi connectivity index (χ4n) is 3.31. The van der Waals surface area contributed by atoms with E-state index in [2.05, 4.69) is 27.4 Å². The van der Waals surface area contributed by atoms with Gasteiger partial charge in [-0.1, -0.05) is 38.4 Å². The lowest BCUT2D eigenvalue weighted by Gasteiger charge is -2.32. The first-order valence-electron chi connectivity index (χ1n) is 9.64. The molecule has 0 aromatic carbocycles. The number of hydrogen-bond donors (Lipinski definition) is 2. The number of carboxylic acids is 1. The number of anilines is 1. The molecule has 0 amide bonds. The van der Waals surface area contributed by atoms with E-state index in [0.29, 0.717) is 11.7 Å². The summed E-state index contributed by atoms with van der Waals surface area (Å²) in [6.45, 7) is 6.87. The van der Waals surface area contributed by atoms with Crippen LogP contribution in [-0.4, -0.2) is 32.7 Å². The minimum absolute atomic E-state index is 0.0961. The third-order valence-corrected chi connectivity index (χ3v) is 5.07. The van der Waals surface area contributed by atoms with Gasteiger partial charge in [0.05, 0.1) is 6.42 Å². The van der Waals surface area contributed by atoms with Crippen molar-refractivity contribution in [2.75, 3.05) is 11.9 Å². The van der Waals surface area contributed by atoms with Gasteiger partial charge in [0, 0.05) is 25.1 Å². The Balaban J connectivity index is 1.83. The number of nitrogens with one attached hydrogen (secondary N) is 1. The fraction of sp³-hybridized carbons (Fsp3) is 0.600. The number of aliphatic carboxylic acids is 1. The van der Waals surface area contributed by atoms with E-state index in [4.69, 9.17) is 4.52 Å². The molecular weight excluding hydrogens is 344 g/mol. The Morgan fingerprint density at radius 2 is 2.19 bits per heavy atom. The number of aryl methyl sites for hydroxylation is 1. The van der Waals surface area contributed by atoms with Crippen molar-refractivity contribution in [3.63, 3.8) is 0 Å². The SMILES string of the molecule is CCCC(C)(CC(=O)O)C(C)c1nc(CCCCNc2ccccn2)no1. The number of hydrogen-bond acceptors (Lipinski definition) is 6. The molecule has 2 aromatic heterocycles. The van der Waals surface area contributed by atoms with E-state index < -0.39 is 11.4 Å². The monoisotopic (exact) mass is 374 g/mol. The second-order valence-electron chi connectivity index (χ2n) is 7.34. The molecule has 0 aliphatic heterocycles. The van der Waals surface area contributed by atoms with Crippen LogP contribution >= 0.6 is 0 Å². The van der Waals surface area contributed by atoms with Crippen molar-refractivity contribution in [1.29, 1.82) is 0 Å². The van der Waals surface area contributed by atoms with Gasteiger partial charge >= 0.3 is 5.97 Å². The Labute approximate surface area is 160 Å². The summed E-state index contributed by atoms with van der Waals surface area (Å²) in [5.74, 6) is 1.21. The zero-order valence-corrected chi connectivity index (χ0v) is 16.4. The summed E-state index contributed by atoms with van der Waals surface area (Å²) in [7, 11) is 0. The van der Waals surface area contributed by atoms with Crippen LogP contribution in [0.2, 0.25) is 0 Å². The summed E-state index contributed by atoms with van der Waals surface area (Å²) in [5.41, 5.74) is -0.392. The zero-order chi connectivity index (χ0) is 19.7. The van der Waals surface area contributed by atoms with Gasteiger partial charge in [-0.05, 0) is 36.8 Å². The van der Waals surface area contributed by atoms with Crippen LogP contribution in [0.3, 0.4) is 0 Å². The molecule has 2 rings (SSSR count). The van der Waals surface area contributed by atoms with E-state index in [1.165, 1.54) is 0 Å². The van der Waals surface area contributed by atoms with Gasteiger partial charge in [0.1, 0.15) is 5.82 Å². The maximum atomic E-state index is 11.3. The number of aromatic nitrogens is 3. The molecule has 0 aliphatic rings. The molecule has 0 fully saturated rings. The minimum atomic E-state index is -0.794. The number of unbranched alkanes of at least 4 members (excludes halogenated alkanes) is 1. The van der Waals surface area contributed by atoms with Crippen molar-refractivity contribution in [3.05, 3.63) is 36.1 Å². The van der Waals surface area contributed by atoms with E-state index >= 15 is 0 Å². The van der Waals surface area contributed by atoms with Crippen LogP contribution in [0.4, 0.5) is 5.82 Å². The topological polar surface area (TPSA) is 101 Å². The third-order valence-electron chi connectivity index (χ3n) is 5.07. The summed E-state index contributed by atoms with van der Waals surface area (Å²) in [5, 5.41) is 16.6. The predicted octanol–water partition coefficient (Wildman–Crippen LogP) is 4.28. The summed E-state index contributed by atoms with van der Waals surface area (Å²) in [6.07, 6.45) is 6.23. The van der Waals surface area contributed by atoms with Gasteiger partial charge in [0.15, 0.2) is 5.82 Å². The van der Waals surface area contributed by atoms with Crippen LogP contribution in [0.1, 0.15) is 70.5 Å². The highest BCUT2D eigenvalue weighted by Crippen LogP contribution is 2.41. The van der Waals surface area contributed by atoms with Crippen molar-refractivity contribution in [1.82, 2.24) is 15.1 Å². The van der Waals surface area contributed by atoms with E-state index in [9.17, 15) is 9.90 Å². The highest BCUT2D eigenvalue weighted by atomic mass is 16.5. The normalized spacial score (nSPS) is 14.5. The van der Waals surface area contributed by atoms with Crippen LogP contribution in [0, 0.1) is 5.41 Å². The van der Waals surface area contributed by atoms with Gasteiger partial charge in [-0.25, -0.2) is 4.98 Å². The zero-order valence-electron chi connectivity index (χ0n) is 16.4. The highest BCUT2D eigenvalue weighted by Gasteiger charge is 2.37. The number of nitrogens with zero attached hydrogens (tertiary/aromatic N) is 3. The average Bonchev–Trinajstić information content (AvgIpc) is 3.10. The molecule has 2 heterocycles. The first kappa shape index (κ1) is 20.9. The molecule has 2 aromatic rings. The molecule has 0 bridgehead atoms. The molecule has 2 unspecified atom stereocenters. The molecule has 0 spiro atoms. The van der Waals surface area contributed by atoms with E-state index in [1.54, 1.807) is 6.20 Å². The van der Waals surface area contributed by atoms with Gasteiger partial charge in [0.2, 0.25) is 5.89 Å². The lowest BCUT2D eigenvalue weighted by Crippen LogP contribution is -2.27. The lowest BCUT2D eigenvalue weighted by molar-refractivity contribution is -0.140. The smallest absolute Gasteiger partial charge is 0.303 e. The fourth-order valence-corrected chi connectivity index (χ4v) is 3.31. The van der Waals surface area contributed by atoms with E-state index in [0.717, 1.165) is 44.5 Å². The third kappa shape index (κ3) is 6.34. The second-order valence-corrected chi connectivity index (χ2v) is 7.34. The van der Waals surface area contributed by atoms with Crippen molar-refractivity contribution in [3.8, 4) is 0 Å². The molecule has 0 saturated carbocycles. The van der Waals surface area contributed by atoms with Crippen LogP contribution in [-0.2, 0) is 11.2 Å². The number of carboxylic acid groups (broad SMARTS) is 1. The van der Waals surface area contributed by atoms with Gasteiger partial charge in [-0.2, -0.15) is 4.98 Å². The Hall–Kier alpha value is -2.44. The first-order chi connectivity index (χ1) is 12.9. The second kappa shape index (κ2) is 10.0. The van der Waals surface area contributed by atoms with Crippen molar-refractivity contribution >= 4 is 11.8 Å². The van der Waals surface area contributed by atoms with Crippen LogP contribution in [0.5, 0.6) is 0 Å². The summed E-state index contributed by atoms with van der Waals surface area (Å²) in [4.78, 5) is 20.0. The van der Waals surface area contributed by atoms with E-state index in [-0.39, 0.29) is 12.3 Å². The van der Waals surface area contributed by atoms with Crippen molar-refractivity contribution in [2.24, 2.45) is 5.41 Å². The van der Waals surface area contributed by atoms with Gasteiger partial charge in [-0.3, -0.25) is 4.79 Å². The minimum Gasteiger partial charge on any atom is -0.481 e. The Morgan fingerprint density at radius 1 is 1.37 bits per heavy atom. The molecular formula is C20H30N4O3. The van der Waals surface area contributed by atoms with Gasteiger partial charge in [-0.15, -0.1) is 0 Å². The standard InChI is InChI=1S/C20H30N4O3/c1-4-11-20(3,14-18(25)26)15(2)19-23-17(24-27-19)10-6-8-13-22-16-9-5-7-12-21-16/h5,7,9,12,15H,4,6,8,10-11,13-14H2,1-3H3,(H,21,22)(H,25,26). The van der Waals surface area contributed by atoms with Gasteiger partial charge in [0.25, 0.3) is 0 Å². The molecule has 7 heteroatoms. The molecule has 0 aliphatic carbocycles. The summed E-state index contributed by atoms with van der Waals surface area (Å²) in [6, 6.07) is 5.78. The number of carbonyl (C=O) groups is 1. The van der Waals surface area contributed by atoms with Crippen molar-refractivity contribution < 1.29 is 14.4 Å². The quantitative estimate of drug-likeness (QED) is 0.535. The maximum Gasteiger partial charge on any atom is 0.303 e. The van der Waals surface area contributed by atoms with Crippen molar-refractivity contribution in [2.45, 2.75) is 65.2 Å². The number of rotatable bonds is 12. The first-order valence-corrected chi connectivity index (χ1v) is 9.64. The van der Waals surface area contributed by atoms with E-state index in [1.807, 2.05) is 32.0 Å². The molecule has 0 radical (unpaired) electrons. The number of pyridine rings is 1. The predicted molar refractivity (Wildman–Crippen MR) is 104 cm³/mol. The van der Waals surface area contributed by atoms with Crippen LogP contribution in [0.15, 0.2) is 28.9 Å². The molecule has 27 heavy (non-hydrogen) atoms. The Kier molecular flexibility index (Phi) is 7.76. The largest absolute Gasteiger partial charge is 0.481 e. The molecule has 2 atom stereocenters. The highest BCUT2D eigenvalue weighted by molar-refractivity contribution is 5.67. The Bertz CT molecular complexity index is 704. The molecule has 2 N–H and O–H groups in total. The summed E-state index contributed by atoms with van der Waals surface area (Å²) < 4.78 is 5.45. The average molecular weight is 374 g/mol. The molecule has 148 valence electrons.